The molecule has 1 aromatic heterocycles. The molecule has 136 valence electrons. The third-order valence-electron chi connectivity index (χ3n) is 3.25. The van der Waals surface area contributed by atoms with Crippen LogP contribution in [0.4, 0.5) is 0 Å². The van der Waals surface area contributed by atoms with Crippen molar-refractivity contribution in [2.24, 2.45) is 0 Å². The van der Waals surface area contributed by atoms with Crippen LogP contribution < -0.4 is 11.2 Å². The lowest BCUT2D eigenvalue weighted by Crippen LogP contribution is -2.35. The molecule has 0 bridgehead atoms. The maximum absolute atomic E-state index is 12.0. The normalized spacial score (nSPS) is 13.0. The van der Waals surface area contributed by atoms with Gasteiger partial charge in [-0.3, -0.25) is 18.9 Å². The van der Waals surface area contributed by atoms with Crippen molar-refractivity contribution in [2.45, 2.75) is 12.6 Å². The molecule has 2 rings (SSSR count). The van der Waals surface area contributed by atoms with Gasteiger partial charge in [0, 0.05) is 11.2 Å². The van der Waals surface area contributed by atoms with Crippen molar-refractivity contribution >= 4 is 19.2 Å². The van der Waals surface area contributed by atoms with E-state index >= 15 is 0 Å². The highest BCUT2D eigenvalue weighted by Gasteiger charge is 2.19. The number of aromatic amines is 1. The Morgan fingerprint density at radius 1 is 1.24 bits per heavy atom. The Morgan fingerprint density at radius 2 is 1.88 bits per heavy atom. The molecule has 0 fully saturated rings. The number of H-pyrrole nitrogens is 1. The molecule has 0 radical (unpaired) electrons. The highest BCUT2D eigenvalue weighted by atomic mass is 35.5. The number of halogens is 1. The molecule has 2 aromatic rings. The second-order valence-electron chi connectivity index (χ2n) is 5.23. The molecule has 0 saturated carbocycles. The summed E-state index contributed by atoms with van der Waals surface area (Å²) in [7, 11) is -4.41. The fraction of sp³-hybridized carbons (Fsp3) is 0.286. The Kier molecular flexibility index (Phi) is 6.34. The van der Waals surface area contributed by atoms with E-state index in [9.17, 15) is 19.3 Å². The number of aliphatic hydroxyl groups is 1. The number of ether oxygens (including phenoxy) is 1. The minimum Gasteiger partial charge on any atom is -0.394 e. The van der Waals surface area contributed by atoms with Gasteiger partial charge in [-0.2, -0.15) is 0 Å². The quantitative estimate of drug-likeness (QED) is 0.500. The molecule has 1 heterocycles. The van der Waals surface area contributed by atoms with Crippen LogP contribution in [0.25, 0.3) is 11.1 Å². The summed E-state index contributed by atoms with van der Waals surface area (Å²) in [5.41, 5.74) is -0.611. The first-order valence-corrected chi connectivity index (χ1v) is 9.24. The van der Waals surface area contributed by atoms with Gasteiger partial charge in [0.15, 0.2) is 0 Å². The summed E-state index contributed by atoms with van der Waals surface area (Å²) in [5, 5.41) is 9.75. The third kappa shape index (κ3) is 5.64. The third-order valence-corrected chi connectivity index (χ3v) is 3.99. The topological polar surface area (TPSA) is 142 Å². The minimum atomic E-state index is -4.41. The van der Waals surface area contributed by atoms with Crippen molar-refractivity contribution in [2.75, 3.05) is 13.0 Å². The summed E-state index contributed by atoms with van der Waals surface area (Å²) in [4.78, 5) is 43.7. The minimum absolute atomic E-state index is 0.197. The van der Waals surface area contributed by atoms with Crippen LogP contribution in [-0.2, 0) is 15.8 Å². The first-order chi connectivity index (χ1) is 11.7. The van der Waals surface area contributed by atoms with Gasteiger partial charge in [0.05, 0.1) is 24.8 Å². The van der Waals surface area contributed by atoms with Gasteiger partial charge in [0.2, 0.25) is 0 Å². The van der Waals surface area contributed by atoms with E-state index < -0.39 is 37.9 Å². The number of hydrogen-bond donors (Lipinski definition) is 4. The monoisotopic (exact) mass is 390 g/mol. The Morgan fingerprint density at radius 3 is 2.44 bits per heavy atom. The molecule has 9 nitrogen and oxygen atoms in total. The molecule has 1 atom stereocenters. The molecule has 0 amide bonds. The lowest BCUT2D eigenvalue weighted by atomic mass is 10.1. The van der Waals surface area contributed by atoms with Gasteiger partial charge in [0.1, 0.15) is 6.35 Å². The fourth-order valence-corrected chi connectivity index (χ4v) is 2.60. The Bertz CT molecular complexity index is 887. The second kappa shape index (κ2) is 8.09. The zero-order valence-electron chi connectivity index (χ0n) is 12.8. The van der Waals surface area contributed by atoms with Crippen molar-refractivity contribution in [1.82, 2.24) is 9.55 Å². The molecule has 0 saturated heterocycles. The zero-order valence-corrected chi connectivity index (χ0v) is 14.5. The van der Waals surface area contributed by atoms with Crippen LogP contribution in [0, 0.1) is 0 Å². The summed E-state index contributed by atoms with van der Waals surface area (Å²) in [5.74, 6) is 0. The molecule has 0 aliphatic rings. The maximum Gasteiger partial charge on any atom is 0.350 e. The molecule has 0 unspecified atom stereocenters. The van der Waals surface area contributed by atoms with Crippen LogP contribution in [0.1, 0.15) is 0 Å². The molecular weight excluding hydrogens is 375 g/mol. The van der Waals surface area contributed by atoms with Crippen LogP contribution in [0.2, 0.25) is 5.02 Å². The Labute approximate surface area is 146 Å². The summed E-state index contributed by atoms with van der Waals surface area (Å²) in [6.07, 6.45) is -0.636. The fourth-order valence-electron chi connectivity index (χ4n) is 2.07. The van der Waals surface area contributed by atoms with Crippen LogP contribution >= 0.6 is 19.2 Å². The summed E-state index contributed by atoms with van der Waals surface area (Å²) >= 11 is 5.81. The van der Waals surface area contributed by atoms with Gasteiger partial charge in [-0.05, 0) is 17.7 Å². The standard InChI is InChI=1S/C14H16ClN2O7P/c15-10-3-1-9(2-4-10)12-6-17(14(20)16-13(12)19)5-11(7-18)24-8-25(21,22)23/h1-4,6,11,18H,5,7-8H2,(H,16,19,20)(H2,21,22,23)/t11-/m0/s1. The van der Waals surface area contributed by atoms with E-state index in [1.807, 2.05) is 0 Å². The number of nitrogens with one attached hydrogen (secondary N) is 1. The lowest BCUT2D eigenvalue weighted by molar-refractivity contribution is 0.0188. The first kappa shape index (κ1) is 19.6. The van der Waals surface area contributed by atoms with E-state index in [-0.39, 0.29) is 12.1 Å². The van der Waals surface area contributed by atoms with Crippen molar-refractivity contribution in [1.29, 1.82) is 0 Å². The molecule has 4 N–H and O–H groups in total. The molecule has 25 heavy (non-hydrogen) atoms. The molecule has 0 aliphatic carbocycles. The predicted molar refractivity (Wildman–Crippen MR) is 90.6 cm³/mol. The van der Waals surface area contributed by atoms with Crippen LogP contribution in [-0.4, -0.2) is 43.5 Å². The first-order valence-electron chi connectivity index (χ1n) is 7.06. The highest BCUT2D eigenvalue weighted by Crippen LogP contribution is 2.34. The highest BCUT2D eigenvalue weighted by molar-refractivity contribution is 7.51. The summed E-state index contributed by atoms with van der Waals surface area (Å²) < 4.78 is 16.9. The predicted octanol–water partition coefficient (Wildman–Crippen LogP) is 0.370. The van der Waals surface area contributed by atoms with Crippen LogP contribution in [0.3, 0.4) is 0 Å². The Balaban J connectivity index is 2.30. The van der Waals surface area contributed by atoms with Crippen molar-refractivity contribution < 1.29 is 24.2 Å². The number of hydrogen-bond acceptors (Lipinski definition) is 5. The SMILES string of the molecule is O=c1[nH]c(=O)n(C[C@@H](CO)OCP(=O)(O)O)cc1-c1ccc(Cl)cc1. The lowest BCUT2D eigenvalue weighted by Gasteiger charge is -2.17. The van der Waals surface area contributed by atoms with E-state index in [0.29, 0.717) is 10.6 Å². The number of aliphatic hydroxyl groups excluding tert-OH is 1. The number of nitrogens with zero attached hydrogens (tertiary/aromatic N) is 1. The van der Waals surface area contributed by atoms with Gasteiger partial charge < -0.3 is 19.6 Å². The van der Waals surface area contributed by atoms with Crippen LogP contribution in [0.5, 0.6) is 0 Å². The molecule has 0 spiro atoms. The van der Waals surface area contributed by atoms with E-state index in [1.54, 1.807) is 24.3 Å². The van der Waals surface area contributed by atoms with Gasteiger partial charge in [-0.1, -0.05) is 23.7 Å². The molecule has 1 aromatic carbocycles. The van der Waals surface area contributed by atoms with Crippen molar-refractivity contribution in [3.05, 3.63) is 56.3 Å². The molecule has 0 aliphatic heterocycles. The summed E-state index contributed by atoms with van der Waals surface area (Å²) in [6, 6.07) is 6.39. The number of aromatic nitrogens is 2. The van der Waals surface area contributed by atoms with Crippen molar-refractivity contribution in [3.8, 4) is 11.1 Å². The zero-order chi connectivity index (χ0) is 18.6. The average molecular weight is 391 g/mol. The van der Waals surface area contributed by atoms with Gasteiger partial charge >= 0.3 is 13.3 Å². The van der Waals surface area contributed by atoms with Crippen molar-refractivity contribution in [3.63, 3.8) is 0 Å². The largest absolute Gasteiger partial charge is 0.394 e. The van der Waals surface area contributed by atoms with E-state index in [0.717, 1.165) is 4.57 Å². The maximum atomic E-state index is 12.0. The Hall–Kier alpha value is -1.74. The number of rotatable bonds is 7. The molecule has 11 heteroatoms. The summed E-state index contributed by atoms with van der Waals surface area (Å²) in [6.45, 7) is -0.769. The van der Waals surface area contributed by atoms with Gasteiger partial charge in [-0.25, -0.2) is 4.79 Å². The smallest absolute Gasteiger partial charge is 0.350 e. The van der Waals surface area contributed by atoms with Gasteiger partial charge in [-0.15, -0.1) is 0 Å². The number of benzene rings is 1. The van der Waals surface area contributed by atoms with Gasteiger partial charge in [0.25, 0.3) is 5.56 Å². The second-order valence-corrected chi connectivity index (χ2v) is 7.25. The molecular formula is C14H16ClN2O7P. The van der Waals surface area contributed by atoms with Crippen LogP contribution in [0.15, 0.2) is 40.1 Å². The van der Waals surface area contributed by atoms with E-state index in [4.69, 9.17) is 26.1 Å². The average Bonchev–Trinajstić information content (AvgIpc) is 2.53. The van der Waals surface area contributed by atoms with E-state index in [1.165, 1.54) is 6.20 Å². The van der Waals surface area contributed by atoms with E-state index in [2.05, 4.69) is 4.98 Å².